The summed E-state index contributed by atoms with van der Waals surface area (Å²) >= 11 is 0. The lowest BCUT2D eigenvalue weighted by Crippen LogP contribution is -2.53. The molecule has 3 N–H and O–H groups in total. The van der Waals surface area contributed by atoms with E-state index >= 15 is 0 Å². The van der Waals surface area contributed by atoms with Gasteiger partial charge in [-0.15, -0.1) is 0 Å². The molecule has 1 saturated heterocycles. The molecule has 1 amide bonds. The standard InChI is InChI=1S/C22H24F2N6O/c23-19(24)18(26)14-4-6-15(7-5-14)28-20-17-16(8-13-27-21(17)31)30(29-20)22(11-12-25)9-2-1-3-10-22/h4-8,13,17-19H,1-3,9-11,26H2,(H,28,29). The average molecular weight is 426 g/mol. The zero-order valence-electron chi connectivity index (χ0n) is 17.0. The Hall–Kier alpha value is -3.12. The number of aliphatic imine (C=N–C) groups is 2. The maximum Gasteiger partial charge on any atom is 0.262 e. The fraction of sp³-hybridized carbons (Fsp3) is 0.455. The third-order valence-electron chi connectivity index (χ3n) is 6.21. The number of rotatable bonds is 5. The molecular formula is C22H24F2N6O. The van der Waals surface area contributed by atoms with Crippen molar-refractivity contribution in [3.63, 3.8) is 0 Å². The van der Waals surface area contributed by atoms with Crippen molar-refractivity contribution in [2.24, 2.45) is 21.6 Å². The molecule has 0 aromatic heterocycles. The van der Waals surface area contributed by atoms with Crippen LogP contribution in [0.4, 0.5) is 14.5 Å². The predicted octanol–water partition coefficient (Wildman–Crippen LogP) is 3.53. The van der Waals surface area contributed by atoms with Crippen LogP contribution in [0.1, 0.15) is 50.1 Å². The monoisotopic (exact) mass is 426 g/mol. The van der Waals surface area contributed by atoms with Crippen molar-refractivity contribution < 1.29 is 13.6 Å². The molecule has 2 atom stereocenters. The number of alkyl halides is 2. The van der Waals surface area contributed by atoms with Crippen LogP contribution in [0, 0.1) is 17.2 Å². The number of dihydropyridines is 1. The first-order valence-corrected chi connectivity index (χ1v) is 10.4. The lowest BCUT2D eigenvalue weighted by molar-refractivity contribution is -0.119. The van der Waals surface area contributed by atoms with E-state index < -0.39 is 23.9 Å². The molecule has 1 saturated carbocycles. The van der Waals surface area contributed by atoms with Gasteiger partial charge in [-0.3, -0.25) is 15.2 Å². The molecule has 7 nitrogen and oxygen atoms in total. The number of amides is 1. The van der Waals surface area contributed by atoms with Crippen molar-refractivity contribution >= 4 is 23.6 Å². The van der Waals surface area contributed by atoms with Crippen molar-refractivity contribution in [2.45, 2.75) is 56.5 Å². The first-order valence-electron chi connectivity index (χ1n) is 10.4. The van der Waals surface area contributed by atoms with Gasteiger partial charge in [0.1, 0.15) is 11.8 Å². The van der Waals surface area contributed by atoms with Crippen LogP contribution in [0.5, 0.6) is 0 Å². The zero-order chi connectivity index (χ0) is 22.0. The van der Waals surface area contributed by atoms with E-state index in [0.29, 0.717) is 23.5 Å². The fourth-order valence-corrected chi connectivity index (χ4v) is 4.56. The number of fused-ring (bicyclic) bond motifs is 1. The van der Waals surface area contributed by atoms with Gasteiger partial charge in [-0.2, -0.15) is 5.26 Å². The number of carbonyl (C=O) groups excluding carboxylic acids is 1. The summed E-state index contributed by atoms with van der Waals surface area (Å²) in [6.07, 6.45) is 5.79. The van der Waals surface area contributed by atoms with E-state index in [1.165, 1.54) is 18.3 Å². The number of benzene rings is 1. The van der Waals surface area contributed by atoms with Crippen molar-refractivity contribution in [1.82, 2.24) is 10.4 Å². The summed E-state index contributed by atoms with van der Waals surface area (Å²) in [7, 11) is 0. The molecule has 0 bridgehead atoms. The molecule has 0 radical (unpaired) electrons. The molecule has 1 aromatic rings. The molecule has 1 aliphatic carbocycles. The second kappa shape index (κ2) is 8.55. The van der Waals surface area contributed by atoms with Crippen molar-refractivity contribution in [3.8, 4) is 6.07 Å². The van der Waals surface area contributed by atoms with Crippen LogP contribution in [0.25, 0.3) is 0 Å². The Bertz CT molecular complexity index is 973. The number of carbonyl (C=O) groups is 1. The average Bonchev–Trinajstić information content (AvgIpc) is 3.15. The van der Waals surface area contributed by atoms with Crippen LogP contribution >= 0.6 is 0 Å². The number of hydrazine groups is 1. The van der Waals surface area contributed by atoms with Gasteiger partial charge in [-0.25, -0.2) is 18.8 Å². The van der Waals surface area contributed by atoms with E-state index in [1.807, 2.05) is 5.01 Å². The number of nitriles is 1. The highest BCUT2D eigenvalue weighted by molar-refractivity contribution is 6.12. The summed E-state index contributed by atoms with van der Waals surface area (Å²) in [5, 5.41) is 11.4. The molecule has 2 fully saturated rings. The highest BCUT2D eigenvalue weighted by Crippen LogP contribution is 2.42. The van der Waals surface area contributed by atoms with E-state index in [0.717, 1.165) is 37.8 Å². The highest BCUT2D eigenvalue weighted by atomic mass is 19.3. The lowest BCUT2D eigenvalue weighted by atomic mass is 9.78. The van der Waals surface area contributed by atoms with Crippen molar-refractivity contribution in [2.75, 3.05) is 0 Å². The van der Waals surface area contributed by atoms with Crippen molar-refractivity contribution in [3.05, 3.63) is 41.6 Å². The normalized spacial score (nSPS) is 24.5. The third-order valence-corrected chi connectivity index (χ3v) is 6.21. The Morgan fingerprint density at radius 1 is 1.29 bits per heavy atom. The predicted molar refractivity (Wildman–Crippen MR) is 113 cm³/mol. The molecular weight excluding hydrogens is 402 g/mol. The van der Waals surface area contributed by atoms with E-state index in [-0.39, 0.29) is 5.91 Å². The summed E-state index contributed by atoms with van der Waals surface area (Å²) in [5.41, 5.74) is 9.94. The second-order valence-corrected chi connectivity index (χ2v) is 8.16. The molecule has 3 aliphatic rings. The Balaban J connectivity index is 1.67. The summed E-state index contributed by atoms with van der Waals surface area (Å²) in [6.45, 7) is 0. The Kier molecular flexibility index (Phi) is 5.83. The number of nitrogens with zero attached hydrogens (tertiary/aromatic N) is 4. The first-order chi connectivity index (χ1) is 14.9. The van der Waals surface area contributed by atoms with Gasteiger partial charge in [-0.1, -0.05) is 31.4 Å². The molecule has 2 aliphatic heterocycles. The minimum absolute atomic E-state index is 0.314. The smallest absolute Gasteiger partial charge is 0.262 e. The molecule has 2 heterocycles. The highest BCUT2D eigenvalue weighted by Gasteiger charge is 2.49. The molecule has 0 spiro atoms. The minimum atomic E-state index is -2.65. The maximum atomic E-state index is 12.8. The van der Waals surface area contributed by atoms with Crippen LogP contribution < -0.4 is 11.2 Å². The molecule has 162 valence electrons. The van der Waals surface area contributed by atoms with Crippen LogP contribution in [-0.4, -0.2) is 34.9 Å². The lowest BCUT2D eigenvalue weighted by Gasteiger charge is -2.44. The van der Waals surface area contributed by atoms with Gasteiger partial charge in [-0.05, 0) is 36.6 Å². The van der Waals surface area contributed by atoms with Gasteiger partial charge in [0.05, 0.1) is 35.5 Å². The second-order valence-electron chi connectivity index (χ2n) is 8.16. The van der Waals surface area contributed by atoms with Crippen LogP contribution in [0.3, 0.4) is 0 Å². The Morgan fingerprint density at radius 3 is 2.65 bits per heavy atom. The largest absolute Gasteiger partial charge is 0.319 e. The zero-order valence-corrected chi connectivity index (χ0v) is 17.0. The first kappa shape index (κ1) is 21.1. The molecule has 4 rings (SSSR count). The van der Waals surface area contributed by atoms with Gasteiger partial charge < -0.3 is 5.73 Å². The molecule has 1 aromatic carbocycles. The van der Waals surface area contributed by atoms with E-state index in [9.17, 15) is 18.8 Å². The van der Waals surface area contributed by atoms with Gasteiger partial charge >= 0.3 is 0 Å². The number of allylic oxidation sites excluding steroid dienone is 1. The van der Waals surface area contributed by atoms with E-state index in [4.69, 9.17) is 5.73 Å². The fourth-order valence-electron chi connectivity index (χ4n) is 4.56. The molecule has 31 heavy (non-hydrogen) atoms. The van der Waals surface area contributed by atoms with Gasteiger partial charge in [0.15, 0.2) is 0 Å². The minimum Gasteiger partial charge on any atom is -0.319 e. The molecule has 2 unspecified atom stereocenters. The van der Waals surface area contributed by atoms with Gasteiger partial charge in [0.2, 0.25) is 0 Å². The number of halogens is 2. The summed E-state index contributed by atoms with van der Waals surface area (Å²) in [6, 6.07) is 7.17. The SMILES string of the molecule is N#CCC1(N2NC(=Nc3ccc(C(N)C(F)F)cc3)C3C(=O)N=CC=C32)CCCCC1. The van der Waals surface area contributed by atoms with E-state index in [2.05, 4.69) is 21.5 Å². The van der Waals surface area contributed by atoms with Crippen LogP contribution in [0.2, 0.25) is 0 Å². The summed E-state index contributed by atoms with van der Waals surface area (Å²) in [4.78, 5) is 21.1. The number of hydrogen-bond acceptors (Lipinski definition) is 5. The topological polar surface area (TPSA) is 107 Å². The summed E-state index contributed by atoms with van der Waals surface area (Å²) < 4.78 is 25.7. The number of hydrogen-bond donors (Lipinski definition) is 2. The Morgan fingerprint density at radius 2 is 2.00 bits per heavy atom. The van der Waals surface area contributed by atoms with E-state index in [1.54, 1.807) is 18.2 Å². The Labute approximate surface area is 179 Å². The quantitative estimate of drug-likeness (QED) is 0.749. The maximum absolute atomic E-state index is 12.8. The number of nitrogens with two attached hydrogens (primary N) is 1. The van der Waals surface area contributed by atoms with Crippen LogP contribution in [-0.2, 0) is 4.79 Å². The van der Waals surface area contributed by atoms with Gasteiger partial charge in [0, 0.05) is 6.21 Å². The number of amidine groups is 1. The van der Waals surface area contributed by atoms with Crippen LogP contribution in [0.15, 0.2) is 46.0 Å². The molecule has 9 heteroatoms. The third kappa shape index (κ3) is 3.95. The number of nitrogens with one attached hydrogen (secondary N) is 1. The van der Waals surface area contributed by atoms with Crippen molar-refractivity contribution in [1.29, 1.82) is 5.26 Å². The summed E-state index contributed by atoms with van der Waals surface area (Å²) in [5.74, 6) is -0.585. The van der Waals surface area contributed by atoms with Gasteiger partial charge in [0.25, 0.3) is 12.3 Å².